The molecule has 4 nitrogen and oxygen atoms in total. The number of ether oxygens (including phenoxy) is 2. The van der Waals surface area contributed by atoms with E-state index in [0.29, 0.717) is 24.7 Å². The molecule has 4 heteroatoms. The number of fused-ring (bicyclic) bond motifs is 3. The average Bonchev–Trinajstić information content (AvgIpc) is 3.11. The Balaban J connectivity index is 1.98. The summed E-state index contributed by atoms with van der Waals surface area (Å²) in [7, 11) is 0. The first kappa shape index (κ1) is 21.0. The van der Waals surface area contributed by atoms with Gasteiger partial charge in [0.1, 0.15) is 23.0 Å². The molecule has 33 heavy (non-hydrogen) atoms. The molecule has 5 rings (SSSR count). The Kier molecular flexibility index (Phi) is 5.21. The fraction of sp³-hybridized carbons (Fsp3) is 0.172. The van der Waals surface area contributed by atoms with E-state index < -0.39 is 5.41 Å². The van der Waals surface area contributed by atoms with Crippen LogP contribution in [0.1, 0.15) is 36.1 Å². The van der Waals surface area contributed by atoms with Gasteiger partial charge < -0.3 is 19.7 Å². The fourth-order valence-electron chi connectivity index (χ4n) is 5.15. The minimum Gasteiger partial charge on any atom is -0.508 e. The van der Waals surface area contributed by atoms with Crippen LogP contribution in [0.3, 0.4) is 0 Å². The van der Waals surface area contributed by atoms with Gasteiger partial charge in [-0.1, -0.05) is 60.7 Å². The highest BCUT2D eigenvalue weighted by atomic mass is 16.5. The standard InChI is InChI=1S/C29H26O4/c1-3-32-27-17-19(30)13-15-25(27)29(26-16-14-20(31)18-28(26)33-4-2)23-11-7-5-9-21(23)22-10-6-8-12-24(22)29/h5-18,30-31H,3-4H2,1-2H3. The molecule has 1 aliphatic carbocycles. The molecule has 4 aromatic carbocycles. The van der Waals surface area contributed by atoms with Crippen molar-refractivity contribution in [2.75, 3.05) is 13.2 Å². The molecule has 0 aromatic heterocycles. The SMILES string of the molecule is CCOc1cc(O)ccc1C1(c2ccc(O)cc2OCC)c2ccccc2-c2ccccc21. The molecule has 1 aliphatic rings. The molecule has 0 bridgehead atoms. The maximum absolute atomic E-state index is 10.3. The van der Waals surface area contributed by atoms with E-state index in [2.05, 4.69) is 24.3 Å². The normalized spacial score (nSPS) is 13.3. The van der Waals surface area contributed by atoms with Crippen molar-refractivity contribution >= 4 is 0 Å². The molecule has 166 valence electrons. The molecular weight excluding hydrogens is 412 g/mol. The zero-order valence-corrected chi connectivity index (χ0v) is 18.7. The van der Waals surface area contributed by atoms with Crippen molar-refractivity contribution in [1.82, 2.24) is 0 Å². The lowest BCUT2D eigenvalue weighted by molar-refractivity contribution is 0.324. The van der Waals surface area contributed by atoms with E-state index in [0.717, 1.165) is 33.4 Å². The lowest BCUT2D eigenvalue weighted by Gasteiger charge is -2.36. The lowest BCUT2D eigenvalue weighted by Crippen LogP contribution is -2.30. The molecule has 0 spiro atoms. The van der Waals surface area contributed by atoms with Crippen molar-refractivity contribution in [3.63, 3.8) is 0 Å². The third kappa shape index (κ3) is 3.13. The molecule has 0 unspecified atom stereocenters. The van der Waals surface area contributed by atoms with Gasteiger partial charge in [-0.05, 0) is 48.2 Å². The van der Waals surface area contributed by atoms with Crippen LogP contribution in [0.4, 0.5) is 0 Å². The topological polar surface area (TPSA) is 58.9 Å². The Morgan fingerprint density at radius 1 is 0.576 bits per heavy atom. The molecule has 0 saturated heterocycles. The van der Waals surface area contributed by atoms with Crippen molar-refractivity contribution in [3.05, 3.63) is 107 Å². The number of rotatable bonds is 6. The third-order valence-corrected chi connectivity index (χ3v) is 6.29. The van der Waals surface area contributed by atoms with Crippen molar-refractivity contribution in [3.8, 4) is 34.1 Å². The number of hydrogen-bond donors (Lipinski definition) is 2. The number of aromatic hydroxyl groups is 2. The average molecular weight is 439 g/mol. The predicted molar refractivity (Wildman–Crippen MR) is 129 cm³/mol. The molecule has 0 saturated carbocycles. The van der Waals surface area contributed by atoms with E-state index in [1.807, 2.05) is 50.2 Å². The van der Waals surface area contributed by atoms with Crippen LogP contribution in [0.25, 0.3) is 11.1 Å². The van der Waals surface area contributed by atoms with Gasteiger partial charge >= 0.3 is 0 Å². The van der Waals surface area contributed by atoms with Gasteiger partial charge in [-0.2, -0.15) is 0 Å². The van der Waals surface area contributed by atoms with Crippen molar-refractivity contribution in [1.29, 1.82) is 0 Å². The Bertz CT molecular complexity index is 1220. The first-order valence-electron chi connectivity index (χ1n) is 11.2. The van der Waals surface area contributed by atoms with E-state index >= 15 is 0 Å². The maximum atomic E-state index is 10.3. The molecule has 0 heterocycles. The van der Waals surface area contributed by atoms with Crippen LogP contribution in [-0.4, -0.2) is 23.4 Å². The van der Waals surface area contributed by atoms with Crippen molar-refractivity contribution in [2.45, 2.75) is 19.3 Å². The van der Waals surface area contributed by atoms with Crippen molar-refractivity contribution in [2.24, 2.45) is 0 Å². The Morgan fingerprint density at radius 3 is 1.42 bits per heavy atom. The highest BCUT2D eigenvalue weighted by Gasteiger charge is 2.49. The number of phenolic OH excluding ortho intramolecular Hbond substituents is 2. The molecule has 4 aromatic rings. The number of benzene rings is 4. The van der Waals surface area contributed by atoms with Crippen LogP contribution < -0.4 is 9.47 Å². The fourth-order valence-corrected chi connectivity index (χ4v) is 5.15. The number of hydrogen-bond acceptors (Lipinski definition) is 4. The summed E-state index contributed by atoms with van der Waals surface area (Å²) in [5, 5.41) is 20.6. The molecular formula is C29H26O4. The van der Waals surface area contributed by atoms with E-state index in [4.69, 9.17) is 9.47 Å². The van der Waals surface area contributed by atoms with E-state index in [1.54, 1.807) is 24.3 Å². The van der Waals surface area contributed by atoms with E-state index in [-0.39, 0.29) is 11.5 Å². The monoisotopic (exact) mass is 438 g/mol. The van der Waals surface area contributed by atoms with Gasteiger partial charge in [0, 0.05) is 23.3 Å². The second-order valence-corrected chi connectivity index (χ2v) is 8.07. The van der Waals surface area contributed by atoms with Crippen LogP contribution in [0.2, 0.25) is 0 Å². The third-order valence-electron chi connectivity index (χ3n) is 6.29. The van der Waals surface area contributed by atoms with E-state index in [1.165, 1.54) is 0 Å². The zero-order valence-electron chi connectivity index (χ0n) is 18.7. The van der Waals surface area contributed by atoms with Crippen LogP contribution in [0.5, 0.6) is 23.0 Å². The van der Waals surface area contributed by atoms with Crippen molar-refractivity contribution < 1.29 is 19.7 Å². The summed E-state index contributed by atoms with van der Waals surface area (Å²) in [6.45, 7) is 4.79. The summed E-state index contributed by atoms with van der Waals surface area (Å²) < 4.78 is 12.2. The minimum atomic E-state index is -0.760. The summed E-state index contributed by atoms with van der Waals surface area (Å²) in [6, 6.07) is 27.3. The van der Waals surface area contributed by atoms with Gasteiger partial charge in [0.15, 0.2) is 0 Å². The van der Waals surface area contributed by atoms with Gasteiger partial charge in [0.05, 0.1) is 18.6 Å². The van der Waals surface area contributed by atoms with Gasteiger partial charge in [-0.3, -0.25) is 0 Å². The highest BCUT2D eigenvalue weighted by molar-refractivity contribution is 5.87. The maximum Gasteiger partial charge on any atom is 0.127 e. The Labute approximate surface area is 193 Å². The summed E-state index contributed by atoms with van der Waals surface area (Å²) in [5.41, 5.74) is 5.54. The predicted octanol–water partition coefficient (Wildman–Crippen LogP) is 6.26. The minimum absolute atomic E-state index is 0.146. The van der Waals surface area contributed by atoms with Crippen LogP contribution in [-0.2, 0) is 5.41 Å². The first-order valence-corrected chi connectivity index (χ1v) is 11.2. The highest BCUT2D eigenvalue weighted by Crippen LogP contribution is 2.59. The molecule has 0 aliphatic heterocycles. The zero-order chi connectivity index (χ0) is 23.0. The quantitative estimate of drug-likeness (QED) is 0.329. The van der Waals surface area contributed by atoms with E-state index in [9.17, 15) is 10.2 Å². The van der Waals surface area contributed by atoms with Crippen LogP contribution >= 0.6 is 0 Å². The lowest BCUT2D eigenvalue weighted by atomic mass is 9.67. The molecule has 0 radical (unpaired) electrons. The molecule has 0 fully saturated rings. The van der Waals surface area contributed by atoms with Gasteiger partial charge in [-0.25, -0.2) is 0 Å². The second kappa shape index (κ2) is 8.21. The summed E-state index contributed by atoms with van der Waals surface area (Å²) in [5.74, 6) is 1.51. The summed E-state index contributed by atoms with van der Waals surface area (Å²) in [6.07, 6.45) is 0. The molecule has 0 amide bonds. The molecule has 0 atom stereocenters. The van der Waals surface area contributed by atoms with Gasteiger partial charge in [0.2, 0.25) is 0 Å². The second-order valence-electron chi connectivity index (χ2n) is 8.07. The number of phenols is 2. The Hall–Kier alpha value is -3.92. The largest absolute Gasteiger partial charge is 0.508 e. The van der Waals surface area contributed by atoms with Crippen LogP contribution in [0, 0.1) is 0 Å². The Morgan fingerprint density at radius 2 is 1.00 bits per heavy atom. The molecule has 2 N–H and O–H groups in total. The smallest absolute Gasteiger partial charge is 0.127 e. The van der Waals surface area contributed by atoms with Gasteiger partial charge in [-0.15, -0.1) is 0 Å². The summed E-state index contributed by atoms with van der Waals surface area (Å²) >= 11 is 0. The van der Waals surface area contributed by atoms with Crippen LogP contribution in [0.15, 0.2) is 84.9 Å². The summed E-state index contributed by atoms with van der Waals surface area (Å²) in [4.78, 5) is 0. The van der Waals surface area contributed by atoms with Gasteiger partial charge in [0.25, 0.3) is 0 Å². The first-order chi connectivity index (χ1) is 16.1.